The smallest absolute Gasteiger partial charge is 0.252 e. The van der Waals surface area contributed by atoms with Crippen LogP contribution in [0.15, 0.2) is 35.3 Å². The van der Waals surface area contributed by atoms with E-state index in [1.54, 1.807) is 16.8 Å². The molecule has 2 amide bonds. The molecular weight excluding hydrogens is 436 g/mol. The summed E-state index contributed by atoms with van der Waals surface area (Å²) in [6, 6.07) is 7.23. The number of rotatable bonds is 13. The highest BCUT2D eigenvalue weighted by Gasteiger charge is 2.20. The predicted octanol–water partition coefficient (Wildman–Crippen LogP) is 2.33. The number of carbonyl (C=O) groups excluding carboxylic acids is 2. The Kier molecular flexibility index (Phi) is 9.45. The summed E-state index contributed by atoms with van der Waals surface area (Å²) in [7, 11) is 0. The second-order valence-corrected chi connectivity index (χ2v) is 8.57. The van der Waals surface area contributed by atoms with Crippen LogP contribution >= 0.6 is 0 Å². The van der Waals surface area contributed by atoms with Gasteiger partial charge in [-0.2, -0.15) is 0 Å². The number of carbonyl (C=O) groups is 2. The molecule has 1 atom stereocenters. The van der Waals surface area contributed by atoms with E-state index in [2.05, 4.69) is 34.1 Å². The Labute approximate surface area is 199 Å². The van der Waals surface area contributed by atoms with Crippen LogP contribution in [0.2, 0.25) is 0 Å². The van der Waals surface area contributed by atoms with Gasteiger partial charge in [-0.05, 0) is 37.0 Å². The number of unbranched alkanes of at least 4 members (excludes halogenated alkanes) is 2. The Balaban J connectivity index is 1.54. The molecule has 2 aromatic rings. The number of nitrogens with zero attached hydrogens (tertiary/aromatic N) is 3. The summed E-state index contributed by atoms with van der Waals surface area (Å²) in [5.74, 6) is 0.0262. The Morgan fingerprint density at radius 1 is 1.35 bits per heavy atom. The zero-order valence-electron chi connectivity index (χ0n) is 19.6. The zero-order chi connectivity index (χ0) is 24.3. The van der Waals surface area contributed by atoms with Crippen molar-refractivity contribution in [3.05, 3.63) is 52.1 Å². The summed E-state index contributed by atoms with van der Waals surface area (Å²) in [6.07, 6.45) is 8.05. The minimum Gasteiger partial charge on any atom is -0.370 e. The van der Waals surface area contributed by atoms with Crippen LogP contribution in [-0.2, 0) is 29.0 Å². The van der Waals surface area contributed by atoms with Crippen molar-refractivity contribution < 1.29 is 14.8 Å². The van der Waals surface area contributed by atoms with Gasteiger partial charge in [0.2, 0.25) is 12.3 Å². The number of hydrazine groups is 1. The van der Waals surface area contributed by atoms with Gasteiger partial charge in [-0.1, -0.05) is 32.3 Å². The lowest BCUT2D eigenvalue weighted by Crippen LogP contribution is -2.40. The molecule has 34 heavy (non-hydrogen) atoms. The first-order chi connectivity index (χ1) is 16.5. The lowest BCUT2D eigenvalue weighted by Gasteiger charge is -2.20. The predicted molar refractivity (Wildman–Crippen MR) is 129 cm³/mol. The van der Waals surface area contributed by atoms with Crippen molar-refractivity contribution in [3.63, 3.8) is 0 Å². The maximum atomic E-state index is 12.6. The number of hydroxylamine groups is 2. The Bertz CT molecular complexity index is 1020. The molecule has 184 valence electrons. The first-order valence-corrected chi connectivity index (χ1v) is 11.9. The van der Waals surface area contributed by atoms with Gasteiger partial charge in [-0.3, -0.25) is 30.4 Å². The quantitative estimate of drug-likeness (QED) is 0.153. The SMILES string of the molecule is CCCCCC(CN(O)C=O)C(=O)NNc1ccn(CCc2ccc3c(n2)NCCC3)c(=O)c1. The van der Waals surface area contributed by atoms with E-state index < -0.39 is 5.92 Å². The normalized spacial score (nSPS) is 13.4. The van der Waals surface area contributed by atoms with Crippen LogP contribution in [0.5, 0.6) is 0 Å². The molecule has 0 spiro atoms. The molecule has 0 saturated heterocycles. The number of aryl methyl sites for hydroxylation is 3. The van der Waals surface area contributed by atoms with Crippen molar-refractivity contribution in [1.29, 1.82) is 0 Å². The molecule has 0 saturated carbocycles. The van der Waals surface area contributed by atoms with E-state index in [9.17, 15) is 19.6 Å². The molecule has 3 rings (SSSR count). The van der Waals surface area contributed by atoms with Gasteiger partial charge in [-0.15, -0.1) is 0 Å². The van der Waals surface area contributed by atoms with Gasteiger partial charge < -0.3 is 9.88 Å². The van der Waals surface area contributed by atoms with Gasteiger partial charge in [0.05, 0.1) is 18.2 Å². The number of pyridine rings is 2. The number of nitrogens with one attached hydrogen (secondary N) is 3. The molecule has 1 unspecified atom stereocenters. The van der Waals surface area contributed by atoms with E-state index in [-0.39, 0.29) is 24.4 Å². The summed E-state index contributed by atoms with van der Waals surface area (Å²) in [6.45, 7) is 3.40. The minimum atomic E-state index is -0.562. The first kappa shape index (κ1) is 25.2. The standard InChI is InChI=1S/C24H34N6O4/c1-2-3-4-6-19(16-30(34)17-31)24(33)28-27-21-11-14-29(22(32)15-21)13-10-20-9-8-18-7-5-12-25-23(18)26-20/h8-9,11,14-15,17,19,27,34H,2-7,10,12-13,16H2,1H3,(H,25,26)(H,28,33). The van der Waals surface area contributed by atoms with Gasteiger partial charge in [-0.25, -0.2) is 10.0 Å². The maximum Gasteiger partial charge on any atom is 0.252 e. The van der Waals surface area contributed by atoms with Crippen LogP contribution in [0, 0.1) is 5.92 Å². The average molecular weight is 471 g/mol. The van der Waals surface area contributed by atoms with E-state index in [4.69, 9.17) is 0 Å². The number of aromatic nitrogens is 2. The van der Waals surface area contributed by atoms with Gasteiger partial charge in [0.15, 0.2) is 0 Å². The molecule has 1 aliphatic rings. The molecule has 0 radical (unpaired) electrons. The summed E-state index contributed by atoms with van der Waals surface area (Å²) >= 11 is 0. The molecule has 0 aromatic carbocycles. The highest BCUT2D eigenvalue weighted by atomic mass is 16.5. The van der Waals surface area contributed by atoms with Crippen molar-refractivity contribution in [3.8, 4) is 0 Å². The number of hydrogen-bond acceptors (Lipinski definition) is 7. The lowest BCUT2D eigenvalue weighted by atomic mass is 10.0. The van der Waals surface area contributed by atoms with Crippen LogP contribution in [0.25, 0.3) is 0 Å². The summed E-state index contributed by atoms with van der Waals surface area (Å²) in [5, 5.41) is 13.3. The van der Waals surface area contributed by atoms with Gasteiger partial charge >= 0.3 is 0 Å². The van der Waals surface area contributed by atoms with Gasteiger partial charge in [0.25, 0.3) is 5.56 Å². The Morgan fingerprint density at radius 3 is 2.97 bits per heavy atom. The summed E-state index contributed by atoms with van der Waals surface area (Å²) in [4.78, 5) is 40.5. The number of amides is 2. The van der Waals surface area contributed by atoms with Crippen molar-refractivity contribution in [1.82, 2.24) is 20.0 Å². The van der Waals surface area contributed by atoms with Crippen LogP contribution < -0.4 is 21.7 Å². The second kappa shape index (κ2) is 12.7. The molecule has 1 aliphatic heterocycles. The molecule has 10 nitrogen and oxygen atoms in total. The van der Waals surface area contributed by atoms with Gasteiger partial charge in [0.1, 0.15) is 5.82 Å². The van der Waals surface area contributed by atoms with Crippen LogP contribution in [0.3, 0.4) is 0 Å². The van der Waals surface area contributed by atoms with Crippen molar-refractivity contribution in [2.45, 2.75) is 58.4 Å². The number of hydrogen-bond donors (Lipinski definition) is 4. The Hall–Kier alpha value is -3.40. The maximum absolute atomic E-state index is 12.6. The fourth-order valence-electron chi connectivity index (χ4n) is 3.96. The monoisotopic (exact) mass is 470 g/mol. The number of fused-ring (bicyclic) bond motifs is 1. The molecule has 0 aliphatic carbocycles. The van der Waals surface area contributed by atoms with Crippen LogP contribution in [0.1, 0.15) is 50.3 Å². The lowest BCUT2D eigenvalue weighted by molar-refractivity contribution is -0.154. The third-order valence-corrected chi connectivity index (χ3v) is 5.94. The molecule has 4 N–H and O–H groups in total. The highest BCUT2D eigenvalue weighted by Crippen LogP contribution is 2.20. The van der Waals surface area contributed by atoms with E-state index in [0.717, 1.165) is 50.2 Å². The molecule has 3 heterocycles. The summed E-state index contributed by atoms with van der Waals surface area (Å²) < 4.78 is 1.60. The third kappa shape index (κ3) is 7.31. The molecular formula is C24H34N6O4. The largest absolute Gasteiger partial charge is 0.370 e. The molecule has 0 bridgehead atoms. The Morgan fingerprint density at radius 2 is 2.21 bits per heavy atom. The number of anilines is 2. The molecule has 2 aromatic heterocycles. The average Bonchev–Trinajstić information content (AvgIpc) is 2.86. The van der Waals surface area contributed by atoms with Crippen molar-refractivity contribution >= 4 is 23.8 Å². The minimum absolute atomic E-state index is 0.0887. The van der Waals surface area contributed by atoms with Gasteiger partial charge in [0, 0.05) is 37.5 Å². The molecule has 10 heteroatoms. The second-order valence-electron chi connectivity index (χ2n) is 8.57. The van der Waals surface area contributed by atoms with Crippen molar-refractivity contribution in [2.75, 3.05) is 23.8 Å². The van der Waals surface area contributed by atoms with E-state index in [1.807, 2.05) is 6.07 Å². The summed E-state index contributed by atoms with van der Waals surface area (Å²) in [5.41, 5.74) is 7.76. The van der Waals surface area contributed by atoms with E-state index in [1.165, 1.54) is 11.6 Å². The third-order valence-electron chi connectivity index (χ3n) is 5.94. The zero-order valence-corrected chi connectivity index (χ0v) is 19.6. The topological polar surface area (TPSA) is 129 Å². The van der Waals surface area contributed by atoms with E-state index in [0.29, 0.717) is 30.1 Å². The van der Waals surface area contributed by atoms with Crippen molar-refractivity contribution in [2.24, 2.45) is 5.92 Å². The first-order valence-electron chi connectivity index (χ1n) is 11.9. The van der Waals surface area contributed by atoms with E-state index >= 15 is 0 Å². The fraction of sp³-hybridized carbons (Fsp3) is 0.500. The van der Waals surface area contributed by atoms with Crippen LogP contribution in [-0.4, -0.2) is 45.2 Å². The highest BCUT2D eigenvalue weighted by molar-refractivity contribution is 5.80. The fourth-order valence-corrected chi connectivity index (χ4v) is 3.96. The van der Waals surface area contributed by atoms with Crippen LogP contribution in [0.4, 0.5) is 11.5 Å². The molecule has 0 fully saturated rings.